The Kier molecular flexibility index (Phi) is 8.04. The molecule has 29 heavy (non-hydrogen) atoms. The van der Waals surface area contributed by atoms with Crippen LogP contribution in [0, 0.1) is 5.92 Å². The van der Waals surface area contributed by atoms with Crippen molar-refractivity contribution in [3.63, 3.8) is 0 Å². The Morgan fingerprint density at radius 2 is 1.90 bits per heavy atom. The van der Waals surface area contributed by atoms with Crippen LogP contribution in [0.15, 0.2) is 24.3 Å². The average molecular weight is 445 g/mol. The number of amides is 2. The molecular weight excluding hydrogens is 420 g/mol. The molecule has 2 rings (SSSR count). The number of halogens is 1. The zero-order valence-electron chi connectivity index (χ0n) is 16.4. The Hall–Kier alpha value is -2.13. The van der Waals surface area contributed by atoms with Gasteiger partial charge in [-0.3, -0.25) is 14.4 Å². The van der Waals surface area contributed by atoms with Gasteiger partial charge in [-0.05, 0) is 36.6 Å². The molecule has 0 aromatic heterocycles. The van der Waals surface area contributed by atoms with E-state index in [1.807, 2.05) is 13.8 Å². The normalized spacial score (nSPS) is 17.7. The second-order valence-corrected chi connectivity index (χ2v) is 10.0. The number of nitrogens with zero attached hydrogens (tertiary/aromatic N) is 1. The minimum atomic E-state index is -3.15. The highest BCUT2D eigenvalue weighted by Gasteiger charge is 2.35. The molecular formula is C19H25ClN2O6S. The van der Waals surface area contributed by atoms with Crippen molar-refractivity contribution in [2.24, 2.45) is 5.92 Å². The summed E-state index contributed by atoms with van der Waals surface area (Å²) < 4.78 is 28.4. The summed E-state index contributed by atoms with van der Waals surface area (Å²) in [5.41, 5.74) is 0.337. The van der Waals surface area contributed by atoms with Crippen molar-refractivity contribution in [3.05, 3.63) is 34.9 Å². The van der Waals surface area contributed by atoms with Crippen molar-refractivity contribution < 1.29 is 27.5 Å². The van der Waals surface area contributed by atoms with Crippen LogP contribution in [0.2, 0.25) is 5.02 Å². The summed E-state index contributed by atoms with van der Waals surface area (Å²) in [7, 11) is -3.15. The summed E-state index contributed by atoms with van der Waals surface area (Å²) in [5, 5.41) is 2.90. The molecule has 1 aromatic carbocycles. The summed E-state index contributed by atoms with van der Waals surface area (Å²) in [6, 6.07) is 5.75. The number of ether oxygens (including phenoxy) is 1. The lowest BCUT2D eigenvalue weighted by molar-refractivity contribution is -0.152. The van der Waals surface area contributed by atoms with E-state index < -0.39 is 46.8 Å². The second kappa shape index (κ2) is 10.1. The highest BCUT2D eigenvalue weighted by molar-refractivity contribution is 7.91. The van der Waals surface area contributed by atoms with E-state index in [2.05, 4.69) is 5.32 Å². The van der Waals surface area contributed by atoms with Gasteiger partial charge in [0.15, 0.2) is 16.4 Å². The first-order valence-electron chi connectivity index (χ1n) is 9.26. The van der Waals surface area contributed by atoms with Crippen molar-refractivity contribution in [1.29, 1.82) is 0 Å². The monoisotopic (exact) mass is 444 g/mol. The van der Waals surface area contributed by atoms with Gasteiger partial charge in [-0.15, -0.1) is 0 Å². The third-order valence-electron chi connectivity index (χ3n) is 4.39. The number of hydrogen-bond acceptors (Lipinski definition) is 6. The van der Waals surface area contributed by atoms with Crippen LogP contribution in [-0.4, -0.2) is 68.3 Å². The van der Waals surface area contributed by atoms with Gasteiger partial charge >= 0.3 is 5.97 Å². The van der Waals surface area contributed by atoms with E-state index in [0.29, 0.717) is 23.6 Å². The summed E-state index contributed by atoms with van der Waals surface area (Å²) in [6.45, 7) is 3.32. The van der Waals surface area contributed by atoms with Gasteiger partial charge in [0.2, 0.25) is 0 Å². The van der Waals surface area contributed by atoms with Crippen molar-refractivity contribution in [1.82, 2.24) is 10.2 Å². The van der Waals surface area contributed by atoms with E-state index in [4.69, 9.17) is 16.3 Å². The molecule has 1 aliphatic heterocycles. The van der Waals surface area contributed by atoms with Gasteiger partial charge in [-0.1, -0.05) is 25.4 Å². The highest BCUT2D eigenvalue weighted by Crippen LogP contribution is 2.19. The van der Waals surface area contributed by atoms with Gasteiger partial charge in [0.05, 0.1) is 11.5 Å². The standard InChI is InChI=1S/C19H25ClN2O6S/c1-13(2)10-22(16-7-8-29(26,27)12-16)17(23)11-28-18(24)9-21-19(25)14-3-5-15(20)6-4-14/h3-6,13,16H,7-12H2,1-2H3,(H,21,25)/t16-/m1/s1. The van der Waals surface area contributed by atoms with Crippen molar-refractivity contribution in [3.8, 4) is 0 Å². The summed E-state index contributed by atoms with van der Waals surface area (Å²) in [5.74, 6) is -1.56. The Morgan fingerprint density at radius 3 is 2.45 bits per heavy atom. The number of carbonyl (C=O) groups excluding carboxylic acids is 3. The number of benzene rings is 1. The van der Waals surface area contributed by atoms with Crippen molar-refractivity contribution in [2.45, 2.75) is 26.3 Å². The maximum atomic E-state index is 12.5. The highest BCUT2D eigenvalue weighted by atomic mass is 35.5. The predicted molar refractivity (Wildman–Crippen MR) is 108 cm³/mol. The van der Waals surface area contributed by atoms with E-state index in [9.17, 15) is 22.8 Å². The molecule has 1 fully saturated rings. The maximum absolute atomic E-state index is 12.5. The SMILES string of the molecule is CC(C)CN(C(=O)COC(=O)CNC(=O)c1ccc(Cl)cc1)[C@@H]1CCS(=O)(=O)C1. The fourth-order valence-corrected chi connectivity index (χ4v) is 4.86. The molecule has 1 saturated heterocycles. The molecule has 0 bridgehead atoms. The third-order valence-corrected chi connectivity index (χ3v) is 6.39. The Morgan fingerprint density at radius 1 is 1.24 bits per heavy atom. The molecule has 1 aromatic rings. The van der Waals surface area contributed by atoms with Gasteiger partial charge in [0.25, 0.3) is 11.8 Å². The molecule has 1 aliphatic rings. The minimum absolute atomic E-state index is 0.0516. The first-order valence-corrected chi connectivity index (χ1v) is 11.5. The molecule has 1 atom stereocenters. The van der Waals surface area contributed by atoms with Gasteiger partial charge in [-0.2, -0.15) is 0 Å². The molecule has 1 N–H and O–H groups in total. The van der Waals surface area contributed by atoms with Crippen molar-refractivity contribution in [2.75, 3.05) is 31.2 Å². The lowest BCUT2D eigenvalue weighted by atomic mass is 10.1. The second-order valence-electron chi connectivity index (χ2n) is 7.35. The first kappa shape index (κ1) is 23.2. The number of carbonyl (C=O) groups is 3. The minimum Gasteiger partial charge on any atom is -0.454 e. The molecule has 10 heteroatoms. The van der Waals surface area contributed by atoms with Crippen LogP contribution in [0.1, 0.15) is 30.6 Å². The van der Waals surface area contributed by atoms with E-state index in [0.717, 1.165) is 0 Å². The number of esters is 1. The molecule has 1 heterocycles. The summed E-state index contributed by atoms with van der Waals surface area (Å²) >= 11 is 5.76. The topological polar surface area (TPSA) is 110 Å². The number of nitrogens with one attached hydrogen (secondary N) is 1. The van der Waals surface area contributed by atoms with Crippen molar-refractivity contribution >= 4 is 39.2 Å². The van der Waals surface area contributed by atoms with Gasteiger partial charge in [-0.25, -0.2) is 8.42 Å². The molecule has 0 spiro atoms. The Bertz CT molecular complexity index is 854. The van der Waals surface area contributed by atoms with Crippen LogP contribution in [0.3, 0.4) is 0 Å². The lowest BCUT2D eigenvalue weighted by Gasteiger charge is -2.29. The summed E-state index contributed by atoms with van der Waals surface area (Å²) in [6.07, 6.45) is 0.381. The zero-order valence-corrected chi connectivity index (χ0v) is 18.0. The number of hydrogen-bond donors (Lipinski definition) is 1. The van der Waals surface area contributed by atoms with Crippen LogP contribution in [0.25, 0.3) is 0 Å². The van der Waals surface area contributed by atoms with Crippen LogP contribution >= 0.6 is 11.6 Å². The first-order chi connectivity index (χ1) is 13.6. The van der Waals surface area contributed by atoms with Gasteiger partial charge in [0, 0.05) is 23.2 Å². The maximum Gasteiger partial charge on any atom is 0.325 e. The van der Waals surface area contributed by atoms with E-state index >= 15 is 0 Å². The zero-order chi connectivity index (χ0) is 21.6. The van der Waals surface area contributed by atoms with E-state index in [-0.39, 0.29) is 17.4 Å². The molecule has 0 saturated carbocycles. The van der Waals surface area contributed by atoms with E-state index in [1.165, 1.54) is 17.0 Å². The predicted octanol–water partition coefficient (Wildman–Crippen LogP) is 1.28. The quantitative estimate of drug-likeness (QED) is 0.605. The van der Waals surface area contributed by atoms with Crippen LogP contribution in [-0.2, 0) is 24.2 Å². The van der Waals surface area contributed by atoms with Crippen LogP contribution < -0.4 is 5.32 Å². The largest absolute Gasteiger partial charge is 0.454 e. The molecule has 0 radical (unpaired) electrons. The molecule has 0 unspecified atom stereocenters. The molecule has 8 nitrogen and oxygen atoms in total. The van der Waals surface area contributed by atoms with Gasteiger partial charge in [0.1, 0.15) is 6.54 Å². The number of sulfone groups is 1. The Labute approximate surface area is 175 Å². The van der Waals surface area contributed by atoms with Crippen LogP contribution in [0.4, 0.5) is 0 Å². The average Bonchev–Trinajstić information content (AvgIpc) is 3.02. The van der Waals surface area contributed by atoms with Gasteiger partial charge < -0.3 is 15.0 Å². The molecule has 160 valence electrons. The number of rotatable bonds is 8. The van der Waals surface area contributed by atoms with Crippen LogP contribution in [0.5, 0.6) is 0 Å². The summed E-state index contributed by atoms with van der Waals surface area (Å²) in [4.78, 5) is 37.9. The molecule has 2 amide bonds. The lowest BCUT2D eigenvalue weighted by Crippen LogP contribution is -2.45. The van der Waals surface area contributed by atoms with E-state index in [1.54, 1.807) is 12.1 Å². The smallest absolute Gasteiger partial charge is 0.325 e. The fourth-order valence-electron chi connectivity index (χ4n) is 3.00. The fraction of sp³-hybridized carbons (Fsp3) is 0.526. The third kappa shape index (κ3) is 7.32. The Balaban J connectivity index is 1.84. The molecule has 0 aliphatic carbocycles.